The van der Waals surface area contributed by atoms with E-state index in [-0.39, 0.29) is 5.91 Å². The van der Waals surface area contributed by atoms with Crippen molar-refractivity contribution < 1.29 is 4.79 Å². The molecule has 4 nitrogen and oxygen atoms in total. The second-order valence-electron chi connectivity index (χ2n) is 8.84. The Kier molecular flexibility index (Phi) is 5.30. The Morgan fingerprint density at radius 2 is 1.97 bits per heavy atom. The average Bonchev–Trinajstić information content (AvgIpc) is 3.32. The van der Waals surface area contributed by atoms with E-state index >= 15 is 0 Å². The summed E-state index contributed by atoms with van der Waals surface area (Å²) in [6.45, 7) is 4.95. The standard InChI is InChI=1S/C25H28ClN3O/c1-16(30)28-21-6-4-17-2-3-19(22(17)13-21)15-29-10-8-18(9-11-29)24-14-27-25-7-5-20(26)12-23(24)25/h4-7,12-14,18-19,27H,2-3,8-11,15H2,1H3,(H,28,30). The van der Waals surface area contributed by atoms with Gasteiger partial charge in [0.1, 0.15) is 0 Å². The van der Waals surface area contributed by atoms with Gasteiger partial charge < -0.3 is 15.2 Å². The molecule has 3 aromatic rings. The van der Waals surface area contributed by atoms with Crippen molar-refractivity contribution in [3.63, 3.8) is 0 Å². The molecule has 0 spiro atoms. The van der Waals surface area contributed by atoms with Gasteiger partial charge in [0.25, 0.3) is 0 Å². The topological polar surface area (TPSA) is 48.1 Å². The van der Waals surface area contributed by atoms with Gasteiger partial charge in [-0.15, -0.1) is 0 Å². The quantitative estimate of drug-likeness (QED) is 0.568. The molecule has 0 radical (unpaired) electrons. The fraction of sp³-hybridized carbons (Fsp3) is 0.400. The van der Waals surface area contributed by atoms with Crippen LogP contribution in [0.25, 0.3) is 10.9 Å². The van der Waals surface area contributed by atoms with E-state index in [0.717, 1.165) is 36.8 Å². The highest BCUT2D eigenvalue weighted by Gasteiger charge is 2.28. The highest BCUT2D eigenvalue weighted by Crippen LogP contribution is 2.38. The van der Waals surface area contributed by atoms with Crippen LogP contribution < -0.4 is 5.32 Å². The van der Waals surface area contributed by atoms with Crippen LogP contribution in [0.3, 0.4) is 0 Å². The number of aromatic nitrogens is 1. The molecule has 1 unspecified atom stereocenters. The van der Waals surface area contributed by atoms with E-state index in [1.165, 1.54) is 46.9 Å². The van der Waals surface area contributed by atoms with E-state index in [1.54, 1.807) is 6.92 Å². The molecule has 1 aliphatic carbocycles. The van der Waals surface area contributed by atoms with Gasteiger partial charge in [0, 0.05) is 41.3 Å². The number of halogens is 1. The molecule has 1 saturated heterocycles. The lowest BCUT2D eigenvalue weighted by molar-refractivity contribution is -0.114. The van der Waals surface area contributed by atoms with Crippen molar-refractivity contribution in [3.8, 4) is 0 Å². The maximum Gasteiger partial charge on any atom is 0.221 e. The number of aryl methyl sites for hydroxylation is 1. The molecule has 2 heterocycles. The summed E-state index contributed by atoms with van der Waals surface area (Å²) in [5, 5.41) is 5.01. The Balaban J connectivity index is 1.24. The van der Waals surface area contributed by atoms with Crippen molar-refractivity contribution in [2.75, 3.05) is 25.0 Å². The molecule has 5 heteroatoms. The zero-order valence-corrected chi connectivity index (χ0v) is 18.1. The zero-order chi connectivity index (χ0) is 20.7. The van der Waals surface area contributed by atoms with Gasteiger partial charge in [-0.25, -0.2) is 0 Å². The molecule has 1 atom stereocenters. The number of anilines is 1. The summed E-state index contributed by atoms with van der Waals surface area (Å²) in [5.41, 5.74) is 6.38. The molecule has 5 rings (SSSR count). The molecule has 0 saturated carbocycles. The number of nitrogens with zero attached hydrogens (tertiary/aromatic N) is 1. The van der Waals surface area contributed by atoms with Gasteiger partial charge in [-0.1, -0.05) is 17.7 Å². The lowest BCUT2D eigenvalue weighted by atomic mass is 9.88. The Bertz CT molecular complexity index is 1080. The highest BCUT2D eigenvalue weighted by atomic mass is 35.5. The minimum atomic E-state index is -0.00913. The van der Waals surface area contributed by atoms with E-state index in [2.05, 4.69) is 45.7 Å². The lowest BCUT2D eigenvalue weighted by Crippen LogP contribution is -2.35. The van der Waals surface area contributed by atoms with Crippen LogP contribution in [0.1, 0.15) is 54.7 Å². The number of carbonyl (C=O) groups excluding carboxylic acids is 1. The zero-order valence-electron chi connectivity index (χ0n) is 17.4. The fourth-order valence-electron chi connectivity index (χ4n) is 5.35. The van der Waals surface area contributed by atoms with Crippen LogP contribution in [0, 0.1) is 0 Å². The number of aromatic amines is 1. The predicted molar refractivity (Wildman–Crippen MR) is 124 cm³/mol. The number of carbonyl (C=O) groups is 1. The lowest BCUT2D eigenvalue weighted by Gasteiger charge is -2.33. The summed E-state index contributed by atoms with van der Waals surface area (Å²) >= 11 is 6.24. The first-order valence-corrected chi connectivity index (χ1v) is 11.3. The summed E-state index contributed by atoms with van der Waals surface area (Å²) in [6.07, 6.45) is 6.90. The van der Waals surface area contributed by atoms with E-state index < -0.39 is 0 Å². The molecular formula is C25H28ClN3O. The first-order chi connectivity index (χ1) is 14.6. The molecule has 1 aliphatic heterocycles. The van der Waals surface area contributed by atoms with Crippen LogP contribution in [0.15, 0.2) is 42.6 Å². The van der Waals surface area contributed by atoms with Crippen LogP contribution in [-0.4, -0.2) is 35.4 Å². The second-order valence-corrected chi connectivity index (χ2v) is 9.28. The summed E-state index contributed by atoms with van der Waals surface area (Å²) in [7, 11) is 0. The predicted octanol–water partition coefficient (Wildman–Crippen LogP) is 5.69. The van der Waals surface area contributed by atoms with Gasteiger partial charge in [-0.2, -0.15) is 0 Å². The number of piperidine rings is 1. The maximum absolute atomic E-state index is 11.4. The molecule has 1 aromatic heterocycles. The molecule has 30 heavy (non-hydrogen) atoms. The third-order valence-corrected chi connectivity index (χ3v) is 7.09. The Labute approximate surface area is 182 Å². The minimum absolute atomic E-state index is 0.00913. The van der Waals surface area contributed by atoms with Crippen molar-refractivity contribution in [1.82, 2.24) is 9.88 Å². The van der Waals surface area contributed by atoms with Crippen molar-refractivity contribution in [2.24, 2.45) is 0 Å². The molecule has 1 fully saturated rings. The molecule has 1 amide bonds. The molecule has 156 valence electrons. The molecule has 2 N–H and O–H groups in total. The Morgan fingerprint density at radius 1 is 1.13 bits per heavy atom. The van der Waals surface area contributed by atoms with Crippen molar-refractivity contribution >= 4 is 34.1 Å². The van der Waals surface area contributed by atoms with E-state index in [0.29, 0.717) is 11.8 Å². The number of hydrogen-bond acceptors (Lipinski definition) is 2. The summed E-state index contributed by atoms with van der Waals surface area (Å²) in [6, 6.07) is 12.5. The maximum atomic E-state index is 11.4. The van der Waals surface area contributed by atoms with Crippen LogP contribution in [0.4, 0.5) is 5.69 Å². The summed E-state index contributed by atoms with van der Waals surface area (Å²) in [5.74, 6) is 1.15. The van der Waals surface area contributed by atoms with Gasteiger partial charge >= 0.3 is 0 Å². The third kappa shape index (κ3) is 3.86. The SMILES string of the molecule is CC(=O)Nc1ccc2c(c1)C(CN1CCC(c3c[nH]c4ccc(Cl)cc34)CC1)CC2. The molecular weight excluding hydrogens is 394 g/mol. The number of rotatable bonds is 4. The van der Waals surface area contributed by atoms with Crippen LogP contribution >= 0.6 is 11.6 Å². The molecule has 2 aliphatic rings. The van der Waals surface area contributed by atoms with Crippen molar-refractivity contribution in [3.05, 3.63) is 64.3 Å². The molecule has 0 bridgehead atoms. The van der Waals surface area contributed by atoms with Gasteiger partial charge in [0.2, 0.25) is 5.91 Å². The van der Waals surface area contributed by atoms with Gasteiger partial charge in [-0.05, 0) is 97.6 Å². The van der Waals surface area contributed by atoms with E-state index in [9.17, 15) is 4.79 Å². The first-order valence-electron chi connectivity index (χ1n) is 11.0. The number of fused-ring (bicyclic) bond motifs is 2. The summed E-state index contributed by atoms with van der Waals surface area (Å²) in [4.78, 5) is 17.4. The normalized spacial score (nSPS) is 19.9. The Morgan fingerprint density at radius 3 is 2.77 bits per heavy atom. The molecule has 2 aromatic carbocycles. The van der Waals surface area contributed by atoms with E-state index in [1.807, 2.05) is 12.1 Å². The van der Waals surface area contributed by atoms with Crippen molar-refractivity contribution in [1.29, 1.82) is 0 Å². The smallest absolute Gasteiger partial charge is 0.221 e. The van der Waals surface area contributed by atoms with Crippen LogP contribution in [0.2, 0.25) is 5.02 Å². The number of nitrogens with one attached hydrogen (secondary N) is 2. The number of likely N-dealkylation sites (tertiary alicyclic amines) is 1. The number of H-pyrrole nitrogens is 1. The number of hydrogen-bond donors (Lipinski definition) is 2. The second kappa shape index (κ2) is 8.09. The highest BCUT2D eigenvalue weighted by molar-refractivity contribution is 6.31. The van der Waals surface area contributed by atoms with E-state index in [4.69, 9.17) is 11.6 Å². The minimum Gasteiger partial charge on any atom is -0.361 e. The Hall–Kier alpha value is -2.30. The fourth-order valence-corrected chi connectivity index (χ4v) is 5.52. The van der Waals surface area contributed by atoms with Gasteiger partial charge in [-0.3, -0.25) is 4.79 Å². The van der Waals surface area contributed by atoms with Crippen LogP contribution in [0.5, 0.6) is 0 Å². The average molecular weight is 422 g/mol. The monoisotopic (exact) mass is 421 g/mol. The van der Waals surface area contributed by atoms with Gasteiger partial charge in [0.15, 0.2) is 0 Å². The third-order valence-electron chi connectivity index (χ3n) is 6.85. The van der Waals surface area contributed by atoms with Crippen LogP contribution in [-0.2, 0) is 11.2 Å². The van der Waals surface area contributed by atoms with Gasteiger partial charge in [0.05, 0.1) is 0 Å². The number of benzene rings is 2. The number of amides is 1. The van der Waals surface area contributed by atoms with Crippen molar-refractivity contribution in [2.45, 2.75) is 44.4 Å². The largest absolute Gasteiger partial charge is 0.361 e. The summed E-state index contributed by atoms with van der Waals surface area (Å²) < 4.78 is 0. The first kappa shape index (κ1) is 19.7.